The molecule has 1 N–H and O–H groups in total. The van der Waals surface area contributed by atoms with Gasteiger partial charge in [0, 0.05) is 17.7 Å². The zero-order valence-electron chi connectivity index (χ0n) is 20.8. The third kappa shape index (κ3) is 5.90. The minimum atomic E-state index is -4.65. The molecule has 0 aromatic heterocycles. The van der Waals surface area contributed by atoms with Crippen molar-refractivity contribution < 1.29 is 27.8 Å². The summed E-state index contributed by atoms with van der Waals surface area (Å²) in [5.74, 6) is -0.740. The minimum Gasteiger partial charge on any atom is -0.496 e. The molecular weight excluding hydrogens is 493 g/mol. The summed E-state index contributed by atoms with van der Waals surface area (Å²) in [6, 6.07) is 18.3. The molecule has 0 bridgehead atoms. The Kier molecular flexibility index (Phi) is 8.18. The summed E-state index contributed by atoms with van der Waals surface area (Å²) in [4.78, 5) is 13.4. The van der Waals surface area contributed by atoms with Gasteiger partial charge in [0.1, 0.15) is 17.9 Å². The third-order valence-corrected chi connectivity index (χ3v) is 6.77. The fourth-order valence-corrected chi connectivity index (χ4v) is 4.89. The van der Waals surface area contributed by atoms with Crippen molar-refractivity contribution in [2.24, 2.45) is 0 Å². The molecule has 1 aliphatic heterocycles. The molecule has 1 fully saturated rings. The predicted molar refractivity (Wildman–Crippen MR) is 139 cm³/mol. The zero-order chi connectivity index (χ0) is 27.3. The van der Waals surface area contributed by atoms with Crippen LogP contribution in [0.2, 0.25) is 0 Å². The van der Waals surface area contributed by atoms with Gasteiger partial charge >= 0.3 is 12.1 Å². The molecule has 0 radical (unpaired) electrons. The van der Waals surface area contributed by atoms with Gasteiger partial charge < -0.3 is 9.84 Å². The number of methoxy groups -OCH3 is 1. The number of carboxylic acids is 1. The first kappa shape index (κ1) is 27.0. The maximum absolute atomic E-state index is 14.2. The van der Waals surface area contributed by atoms with Crippen LogP contribution in [0.3, 0.4) is 0 Å². The van der Waals surface area contributed by atoms with Gasteiger partial charge in [0.25, 0.3) is 0 Å². The van der Waals surface area contributed by atoms with Crippen LogP contribution >= 0.6 is 0 Å². The molecule has 3 aromatic rings. The van der Waals surface area contributed by atoms with Crippen molar-refractivity contribution in [1.82, 2.24) is 4.90 Å². The fraction of sp³-hybridized carbons (Fsp3) is 0.267. The Balaban J connectivity index is 1.74. The summed E-state index contributed by atoms with van der Waals surface area (Å²) in [6.07, 6.45) is 0.175. The van der Waals surface area contributed by atoms with E-state index >= 15 is 0 Å². The number of halogens is 3. The van der Waals surface area contributed by atoms with Gasteiger partial charge in [-0.2, -0.15) is 18.4 Å². The summed E-state index contributed by atoms with van der Waals surface area (Å²) >= 11 is 0. The fourth-order valence-electron chi connectivity index (χ4n) is 4.89. The number of hydrogen-bond acceptors (Lipinski definition) is 4. The van der Waals surface area contributed by atoms with Crippen LogP contribution in [0.1, 0.15) is 47.1 Å². The normalized spacial score (nSPS) is 16.3. The number of rotatable bonds is 7. The molecule has 5 nitrogen and oxygen atoms in total. The second-order valence-electron chi connectivity index (χ2n) is 9.15. The summed E-state index contributed by atoms with van der Waals surface area (Å²) in [5.41, 5.74) is 1.67. The molecule has 38 heavy (non-hydrogen) atoms. The van der Waals surface area contributed by atoms with Crippen molar-refractivity contribution in [3.05, 3.63) is 88.5 Å². The molecule has 1 atom stereocenters. The monoisotopic (exact) mass is 520 g/mol. The molecule has 1 aliphatic rings. The lowest BCUT2D eigenvalue weighted by Crippen LogP contribution is -2.44. The molecular formula is C30H27F3N2O3. The SMILES string of the molecule is COc1cc(/C=C/c2cccc(-c3ccccc3)c2C#N)c(C(F)(F)F)cc1CN1CCCC[C@H]1C(=O)O. The number of ether oxygens (including phenoxy) is 1. The van der Waals surface area contributed by atoms with Crippen molar-refractivity contribution in [2.75, 3.05) is 13.7 Å². The summed E-state index contributed by atoms with van der Waals surface area (Å²) in [7, 11) is 1.38. The molecule has 1 saturated heterocycles. The van der Waals surface area contributed by atoms with E-state index in [2.05, 4.69) is 6.07 Å². The molecule has 3 aromatic carbocycles. The molecule has 0 saturated carbocycles. The number of nitrogens with zero attached hydrogens (tertiary/aromatic N) is 2. The molecule has 196 valence electrons. The van der Waals surface area contributed by atoms with E-state index in [0.717, 1.165) is 24.5 Å². The number of carboxylic acid groups (broad SMARTS) is 1. The van der Waals surface area contributed by atoms with Crippen LogP contribution in [0.4, 0.5) is 13.2 Å². The van der Waals surface area contributed by atoms with Gasteiger partial charge in [0.15, 0.2) is 0 Å². The highest BCUT2D eigenvalue weighted by atomic mass is 19.4. The van der Waals surface area contributed by atoms with Gasteiger partial charge in [-0.3, -0.25) is 9.69 Å². The Hall–Kier alpha value is -4.09. The topological polar surface area (TPSA) is 73.6 Å². The Morgan fingerprint density at radius 1 is 1.11 bits per heavy atom. The number of piperidine rings is 1. The van der Waals surface area contributed by atoms with Gasteiger partial charge in [0.05, 0.1) is 18.2 Å². The van der Waals surface area contributed by atoms with Crippen LogP contribution in [-0.2, 0) is 17.5 Å². The second-order valence-corrected chi connectivity index (χ2v) is 9.15. The van der Waals surface area contributed by atoms with Crippen molar-refractivity contribution >= 4 is 18.1 Å². The number of aliphatic carboxylic acids is 1. The largest absolute Gasteiger partial charge is 0.496 e. The lowest BCUT2D eigenvalue weighted by atomic mass is 9.94. The Morgan fingerprint density at radius 3 is 2.50 bits per heavy atom. The Bertz CT molecular complexity index is 1380. The van der Waals surface area contributed by atoms with E-state index in [1.807, 2.05) is 30.3 Å². The van der Waals surface area contributed by atoms with E-state index < -0.39 is 23.8 Å². The number of carbonyl (C=O) groups is 1. The highest BCUT2D eigenvalue weighted by molar-refractivity contribution is 5.81. The molecule has 0 unspecified atom stereocenters. The van der Waals surface area contributed by atoms with Gasteiger partial charge in [-0.05, 0) is 48.2 Å². The smallest absolute Gasteiger partial charge is 0.417 e. The first-order valence-corrected chi connectivity index (χ1v) is 12.2. The minimum absolute atomic E-state index is 0.0327. The molecule has 4 rings (SSSR count). The Morgan fingerprint density at radius 2 is 1.84 bits per heavy atom. The first-order chi connectivity index (χ1) is 18.2. The number of benzene rings is 3. The summed E-state index contributed by atoms with van der Waals surface area (Å²) in [5, 5.41) is 19.4. The quantitative estimate of drug-likeness (QED) is 0.345. The van der Waals surface area contributed by atoms with Crippen molar-refractivity contribution in [1.29, 1.82) is 5.26 Å². The predicted octanol–water partition coefficient (Wildman–Crippen LogP) is 6.86. The first-order valence-electron chi connectivity index (χ1n) is 12.2. The van der Waals surface area contributed by atoms with Crippen LogP contribution in [-0.4, -0.2) is 35.7 Å². The third-order valence-electron chi connectivity index (χ3n) is 6.77. The van der Waals surface area contributed by atoms with Crippen molar-refractivity contribution in [3.63, 3.8) is 0 Å². The standard InChI is InChI=1S/C30H27F3N2O3/c1-38-28-17-22(14-13-21-10-7-11-24(25(21)18-34)20-8-3-2-4-9-20)26(30(31,32)33)16-23(28)19-35-15-6-5-12-27(35)29(36)37/h2-4,7-11,13-14,16-17,27H,5-6,12,15,19H2,1H3,(H,36,37)/b14-13+/t27-/m0/s1. The van der Waals surface area contributed by atoms with E-state index in [4.69, 9.17) is 4.74 Å². The lowest BCUT2D eigenvalue weighted by molar-refractivity contribution is -0.145. The van der Waals surface area contributed by atoms with Crippen LogP contribution in [0.15, 0.2) is 60.7 Å². The molecule has 1 heterocycles. The van der Waals surface area contributed by atoms with Gasteiger partial charge in [-0.25, -0.2) is 0 Å². The van der Waals surface area contributed by atoms with E-state index in [-0.39, 0.29) is 23.4 Å². The number of alkyl halides is 3. The van der Waals surface area contributed by atoms with Gasteiger partial charge in [-0.15, -0.1) is 0 Å². The lowest BCUT2D eigenvalue weighted by Gasteiger charge is -2.33. The Labute approximate surface area is 219 Å². The number of nitriles is 1. The molecule has 8 heteroatoms. The number of likely N-dealkylation sites (tertiary alicyclic amines) is 1. The van der Waals surface area contributed by atoms with Crippen molar-refractivity contribution in [2.45, 2.75) is 38.0 Å². The van der Waals surface area contributed by atoms with E-state index in [1.54, 1.807) is 23.1 Å². The zero-order valence-corrected chi connectivity index (χ0v) is 20.8. The molecule has 0 amide bonds. The summed E-state index contributed by atoms with van der Waals surface area (Å²) < 4.78 is 47.9. The molecule has 0 spiro atoms. The van der Waals surface area contributed by atoms with Gasteiger partial charge in [0.2, 0.25) is 0 Å². The summed E-state index contributed by atoms with van der Waals surface area (Å²) in [6.45, 7) is 0.517. The second kappa shape index (κ2) is 11.5. The van der Waals surface area contributed by atoms with E-state index in [1.165, 1.54) is 25.3 Å². The van der Waals surface area contributed by atoms with Gasteiger partial charge in [-0.1, -0.05) is 67.1 Å². The maximum Gasteiger partial charge on any atom is 0.417 e. The number of hydrogen-bond donors (Lipinski definition) is 1. The average Bonchev–Trinajstić information content (AvgIpc) is 2.91. The van der Waals surface area contributed by atoms with E-state index in [9.17, 15) is 28.3 Å². The van der Waals surface area contributed by atoms with Crippen molar-refractivity contribution in [3.8, 4) is 22.9 Å². The highest BCUT2D eigenvalue weighted by Gasteiger charge is 2.35. The molecule has 0 aliphatic carbocycles. The van der Waals surface area contributed by atoms with Crippen LogP contribution in [0.25, 0.3) is 23.3 Å². The maximum atomic E-state index is 14.2. The average molecular weight is 521 g/mol. The van der Waals surface area contributed by atoms with E-state index in [0.29, 0.717) is 29.7 Å². The highest BCUT2D eigenvalue weighted by Crippen LogP contribution is 2.38. The van der Waals surface area contributed by atoms with Crippen LogP contribution in [0.5, 0.6) is 5.75 Å². The van der Waals surface area contributed by atoms with Crippen LogP contribution in [0, 0.1) is 11.3 Å². The van der Waals surface area contributed by atoms with Crippen LogP contribution < -0.4 is 4.74 Å².